The molecule has 0 unspecified atom stereocenters. The van der Waals surface area contributed by atoms with Gasteiger partial charge in [-0.25, -0.2) is 4.79 Å². The zero-order chi connectivity index (χ0) is 8.08. The van der Waals surface area contributed by atoms with Crippen LogP contribution in [-0.4, -0.2) is 58.9 Å². The Morgan fingerprint density at radius 2 is 1.30 bits per heavy atom. The Balaban J connectivity index is -0.0000000910. The van der Waals surface area contributed by atoms with E-state index in [1.807, 2.05) is 0 Å². The van der Waals surface area contributed by atoms with Crippen LogP contribution in [0.5, 0.6) is 0 Å². The van der Waals surface area contributed by atoms with E-state index in [0.717, 1.165) is 0 Å². The molecule has 0 aliphatic carbocycles. The van der Waals surface area contributed by atoms with Gasteiger partial charge in [-0.15, -0.1) is 0 Å². The van der Waals surface area contributed by atoms with Crippen molar-refractivity contribution >= 4 is 56.5 Å². The molecule has 0 aromatic rings. The fourth-order valence-electron chi connectivity index (χ4n) is 0. The average molecular weight is 200 g/mol. The molecular weight excluding hydrogens is 195 g/mol. The maximum atomic E-state index is 9.05. The summed E-state index contributed by atoms with van der Waals surface area (Å²) in [5.41, 5.74) is 0. The molecule has 0 heterocycles. The summed E-state index contributed by atoms with van der Waals surface area (Å²) in [5.74, 6) is 0. The van der Waals surface area contributed by atoms with Crippen LogP contribution in [0, 0.1) is 0 Å². The summed E-state index contributed by atoms with van der Waals surface area (Å²) in [6.45, 7) is 0. The van der Waals surface area contributed by atoms with Crippen LogP contribution < -0.4 is 0 Å². The SMILES string of the molecule is O=C(O)O.O=S(=O)(O)S.[NaH]. The molecule has 0 amide bonds. The molecule has 0 spiro atoms. The van der Waals surface area contributed by atoms with E-state index in [1.165, 1.54) is 0 Å². The molecule has 0 saturated carbocycles. The molecule has 3 N–H and O–H groups in total. The quantitative estimate of drug-likeness (QED) is 0.178. The summed E-state index contributed by atoms with van der Waals surface area (Å²) in [4.78, 5) is 8.56. The number of carbonyl (C=O) groups is 1. The van der Waals surface area contributed by atoms with Crippen LogP contribution in [0.4, 0.5) is 4.79 Å². The molecule has 6 nitrogen and oxygen atoms in total. The molecule has 0 aromatic heterocycles. The number of rotatable bonds is 0. The van der Waals surface area contributed by atoms with E-state index in [-0.39, 0.29) is 29.6 Å². The molecule has 0 aromatic carbocycles. The summed E-state index contributed by atoms with van der Waals surface area (Å²) in [5, 5.41) is 13.9. The fourth-order valence-corrected chi connectivity index (χ4v) is 0. The molecule has 10 heavy (non-hydrogen) atoms. The fraction of sp³-hybridized carbons (Fsp3) is 0. The van der Waals surface area contributed by atoms with Gasteiger partial charge in [0.2, 0.25) is 0 Å². The number of hydrogen-bond donors (Lipinski definition) is 4. The monoisotopic (exact) mass is 200 g/mol. The van der Waals surface area contributed by atoms with Gasteiger partial charge in [-0.05, 0) is 11.7 Å². The van der Waals surface area contributed by atoms with Crippen LogP contribution in [0.3, 0.4) is 0 Å². The van der Waals surface area contributed by atoms with E-state index in [0.29, 0.717) is 0 Å². The third-order valence-corrected chi connectivity index (χ3v) is 0. The Morgan fingerprint density at radius 3 is 1.30 bits per heavy atom. The molecule has 0 bridgehead atoms. The van der Waals surface area contributed by atoms with Gasteiger partial charge in [0.25, 0.3) is 0 Å². The predicted octanol–water partition coefficient (Wildman–Crippen LogP) is -0.707. The summed E-state index contributed by atoms with van der Waals surface area (Å²) >= 11 is 2.65. The molecule has 0 rings (SSSR count). The summed E-state index contributed by atoms with van der Waals surface area (Å²) in [6, 6.07) is 0. The molecule has 58 valence electrons. The van der Waals surface area contributed by atoms with Crippen molar-refractivity contribution < 1.29 is 28.0 Å². The van der Waals surface area contributed by atoms with E-state index >= 15 is 0 Å². The third-order valence-electron chi connectivity index (χ3n) is 0. The number of hydrogen-bond acceptors (Lipinski definition) is 3. The molecule has 0 aliphatic rings. The van der Waals surface area contributed by atoms with E-state index < -0.39 is 15.3 Å². The van der Waals surface area contributed by atoms with Gasteiger partial charge < -0.3 is 10.2 Å². The van der Waals surface area contributed by atoms with Gasteiger partial charge in [0.15, 0.2) is 0 Å². The summed E-state index contributed by atoms with van der Waals surface area (Å²) in [6.07, 6.45) is -1.83. The summed E-state index contributed by atoms with van der Waals surface area (Å²) in [7, 11) is -3.97. The summed E-state index contributed by atoms with van der Waals surface area (Å²) < 4.78 is 25.5. The Bertz CT molecular complexity index is 158. The first-order valence-electron chi connectivity index (χ1n) is 1.35. The number of thiol groups is 1. The van der Waals surface area contributed by atoms with Gasteiger partial charge >= 0.3 is 44.9 Å². The first-order chi connectivity index (χ1) is 3.73. The molecule has 0 saturated heterocycles. The Kier molecular flexibility index (Phi) is 12.9. The Morgan fingerprint density at radius 1 is 1.30 bits per heavy atom. The molecular formula is CH5NaO6S2. The van der Waals surface area contributed by atoms with E-state index in [2.05, 4.69) is 11.7 Å². The van der Waals surface area contributed by atoms with Crippen molar-refractivity contribution in [2.24, 2.45) is 0 Å². The zero-order valence-electron chi connectivity index (χ0n) is 3.92. The molecule has 0 atom stereocenters. The minimum absolute atomic E-state index is 0. The van der Waals surface area contributed by atoms with Crippen LogP contribution in [-0.2, 0) is 9.15 Å². The van der Waals surface area contributed by atoms with Gasteiger partial charge in [-0.2, -0.15) is 8.42 Å². The van der Waals surface area contributed by atoms with Gasteiger partial charge in [0, 0.05) is 0 Å². The van der Waals surface area contributed by atoms with Gasteiger partial charge in [-0.1, -0.05) is 0 Å². The molecule has 0 fully saturated rings. The van der Waals surface area contributed by atoms with E-state index in [1.54, 1.807) is 0 Å². The van der Waals surface area contributed by atoms with Crippen molar-refractivity contribution in [1.82, 2.24) is 0 Å². The first kappa shape index (κ1) is 16.9. The Hall–Kier alpha value is 0.530. The Labute approximate surface area is 84.1 Å². The van der Waals surface area contributed by atoms with Crippen LogP contribution >= 0.6 is 11.7 Å². The van der Waals surface area contributed by atoms with Crippen molar-refractivity contribution in [2.45, 2.75) is 0 Å². The normalized spacial score (nSPS) is 8.20. The molecule has 0 radical (unpaired) electrons. The molecule has 0 aliphatic heterocycles. The standard InChI is InChI=1S/CH2O3.Na.H2O3S2.H/c2-1(3)4;;1-5(2,3)4;/h(H2,2,3,4);;(H2,1,2,3,4);. The first-order valence-corrected chi connectivity index (χ1v) is 3.84. The average Bonchev–Trinajstić information content (AvgIpc) is 1.19. The minimum atomic E-state index is -3.97. The second-order valence-electron chi connectivity index (χ2n) is 0.730. The second kappa shape index (κ2) is 7.63. The van der Waals surface area contributed by atoms with Crippen LogP contribution in [0.25, 0.3) is 0 Å². The van der Waals surface area contributed by atoms with Gasteiger partial charge in [0.05, 0.1) is 0 Å². The van der Waals surface area contributed by atoms with Crippen LogP contribution in [0.2, 0.25) is 0 Å². The topological polar surface area (TPSA) is 112 Å². The van der Waals surface area contributed by atoms with Crippen molar-refractivity contribution in [3.8, 4) is 0 Å². The third kappa shape index (κ3) is 1720. The van der Waals surface area contributed by atoms with Crippen LogP contribution in [0.1, 0.15) is 0 Å². The number of carboxylic acid groups (broad SMARTS) is 2. The second-order valence-corrected chi connectivity index (χ2v) is 3.01. The van der Waals surface area contributed by atoms with Crippen molar-refractivity contribution in [2.75, 3.05) is 0 Å². The van der Waals surface area contributed by atoms with Crippen molar-refractivity contribution in [3.05, 3.63) is 0 Å². The van der Waals surface area contributed by atoms with Gasteiger partial charge in [-0.3, -0.25) is 4.55 Å². The predicted molar refractivity (Wildman–Crippen MR) is 38.3 cm³/mol. The van der Waals surface area contributed by atoms with E-state index in [9.17, 15) is 0 Å². The molecule has 9 heteroatoms. The zero-order valence-corrected chi connectivity index (χ0v) is 5.63. The van der Waals surface area contributed by atoms with E-state index in [4.69, 9.17) is 28.0 Å². The van der Waals surface area contributed by atoms with Crippen molar-refractivity contribution in [1.29, 1.82) is 0 Å². The maximum absolute atomic E-state index is 9.05. The van der Waals surface area contributed by atoms with Crippen LogP contribution in [0.15, 0.2) is 0 Å². The van der Waals surface area contributed by atoms with Crippen molar-refractivity contribution in [3.63, 3.8) is 0 Å². The van der Waals surface area contributed by atoms with Gasteiger partial charge in [0.1, 0.15) is 0 Å².